The standard InChI is InChI=1S/C27H28F4O/c1-2-3-4-17-5-7-18(8-6-17)19-9-12-22-20(15-19)10-13-23(26(22)29)21-11-14-25(24(28)16-21)32-27(30)31/h9-18,27H,2-8H2,1H3. The van der Waals surface area contributed by atoms with Gasteiger partial charge in [-0.05, 0) is 66.2 Å². The summed E-state index contributed by atoms with van der Waals surface area (Å²) in [5, 5.41) is 1.28. The molecule has 1 aliphatic rings. The van der Waals surface area contributed by atoms with Gasteiger partial charge in [-0.25, -0.2) is 8.78 Å². The van der Waals surface area contributed by atoms with Gasteiger partial charge in [-0.3, -0.25) is 0 Å². The molecule has 0 N–H and O–H groups in total. The number of hydrogen-bond donors (Lipinski definition) is 0. The van der Waals surface area contributed by atoms with Crippen LogP contribution in [0.1, 0.15) is 63.4 Å². The van der Waals surface area contributed by atoms with Gasteiger partial charge >= 0.3 is 6.61 Å². The maximum absolute atomic E-state index is 15.3. The van der Waals surface area contributed by atoms with Crippen LogP contribution >= 0.6 is 0 Å². The fourth-order valence-corrected chi connectivity index (χ4v) is 4.92. The zero-order valence-corrected chi connectivity index (χ0v) is 18.2. The van der Waals surface area contributed by atoms with Crippen LogP contribution < -0.4 is 4.74 Å². The zero-order valence-electron chi connectivity index (χ0n) is 18.2. The van der Waals surface area contributed by atoms with Crippen molar-refractivity contribution in [2.45, 2.75) is 64.4 Å². The molecule has 3 aromatic rings. The van der Waals surface area contributed by atoms with Crippen molar-refractivity contribution in [1.29, 1.82) is 0 Å². The number of rotatable bonds is 7. The SMILES string of the molecule is CCCCC1CCC(c2ccc3c(F)c(-c4ccc(OC(F)F)c(F)c4)ccc3c2)CC1. The minimum Gasteiger partial charge on any atom is -0.432 e. The summed E-state index contributed by atoms with van der Waals surface area (Å²) >= 11 is 0. The van der Waals surface area contributed by atoms with Crippen molar-refractivity contribution in [3.05, 3.63) is 65.7 Å². The number of benzene rings is 3. The Labute approximate surface area is 186 Å². The predicted molar refractivity (Wildman–Crippen MR) is 120 cm³/mol. The summed E-state index contributed by atoms with van der Waals surface area (Å²) < 4.78 is 58.2. The lowest BCUT2D eigenvalue weighted by molar-refractivity contribution is -0.0521. The molecule has 1 nitrogen and oxygen atoms in total. The lowest BCUT2D eigenvalue weighted by Gasteiger charge is -2.29. The molecule has 0 aliphatic heterocycles. The van der Waals surface area contributed by atoms with Gasteiger partial charge in [0.15, 0.2) is 11.6 Å². The molecular formula is C27H28F4O. The van der Waals surface area contributed by atoms with E-state index in [0.717, 1.165) is 23.4 Å². The van der Waals surface area contributed by atoms with Gasteiger partial charge < -0.3 is 4.74 Å². The largest absolute Gasteiger partial charge is 0.432 e. The van der Waals surface area contributed by atoms with Gasteiger partial charge in [-0.15, -0.1) is 0 Å². The lowest BCUT2D eigenvalue weighted by Crippen LogP contribution is -2.13. The highest BCUT2D eigenvalue weighted by atomic mass is 19.3. The van der Waals surface area contributed by atoms with Crippen LogP contribution in [0.5, 0.6) is 5.75 Å². The average Bonchev–Trinajstić information content (AvgIpc) is 2.79. The molecule has 4 rings (SSSR count). The summed E-state index contributed by atoms with van der Waals surface area (Å²) in [6.07, 6.45) is 8.74. The molecule has 1 aliphatic carbocycles. The first kappa shape index (κ1) is 22.6. The zero-order chi connectivity index (χ0) is 22.7. The van der Waals surface area contributed by atoms with Crippen molar-refractivity contribution < 1.29 is 22.3 Å². The van der Waals surface area contributed by atoms with Gasteiger partial charge in [-0.1, -0.05) is 62.6 Å². The van der Waals surface area contributed by atoms with Crippen LogP contribution in [0, 0.1) is 17.6 Å². The first-order valence-corrected chi connectivity index (χ1v) is 11.4. The second-order valence-electron chi connectivity index (χ2n) is 8.79. The summed E-state index contributed by atoms with van der Waals surface area (Å²) in [6.45, 7) is -0.883. The fraction of sp³-hybridized carbons (Fsp3) is 0.407. The number of ether oxygens (including phenoxy) is 1. The second kappa shape index (κ2) is 9.93. The predicted octanol–water partition coefficient (Wildman–Crippen LogP) is 8.85. The number of alkyl halides is 2. The van der Waals surface area contributed by atoms with Crippen LogP contribution in [0.25, 0.3) is 21.9 Å². The van der Waals surface area contributed by atoms with Crippen LogP contribution in [0.3, 0.4) is 0 Å². The van der Waals surface area contributed by atoms with Crippen molar-refractivity contribution in [3.63, 3.8) is 0 Å². The minimum absolute atomic E-state index is 0.226. The Hall–Kier alpha value is -2.56. The van der Waals surface area contributed by atoms with E-state index in [-0.39, 0.29) is 11.1 Å². The molecule has 5 heteroatoms. The van der Waals surface area contributed by atoms with Crippen LogP contribution in [0.15, 0.2) is 48.5 Å². The van der Waals surface area contributed by atoms with Crippen LogP contribution in [-0.2, 0) is 0 Å². The Morgan fingerprint density at radius 3 is 2.41 bits per heavy atom. The molecule has 170 valence electrons. The number of halogens is 4. The normalized spacial score (nSPS) is 18.9. The van der Waals surface area contributed by atoms with Gasteiger partial charge in [-0.2, -0.15) is 8.78 Å². The summed E-state index contributed by atoms with van der Waals surface area (Å²) in [6, 6.07) is 12.8. The van der Waals surface area contributed by atoms with Gasteiger partial charge in [0.25, 0.3) is 0 Å². The maximum atomic E-state index is 15.3. The molecule has 3 aromatic carbocycles. The highest BCUT2D eigenvalue weighted by Gasteiger charge is 2.22. The van der Waals surface area contributed by atoms with Crippen molar-refractivity contribution in [3.8, 4) is 16.9 Å². The Bertz CT molecular complexity index is 1070. The Kier molecular flexibility index (Phi) is 7.02. The molecule has 0 heterocycles. The topological polar surface area (TPSA) is 9.23 Å². The molecule has 1 saturated carbocycles. The van der Waals surface area contributed by atoms with Crippen molar-refractivity contribution >= 4 is 10.8 Å². The highest BCUT2D eigenvalue weighted by Crippen LogP contribution is 2.39. The number of unbranched alkanes of at least 4 members (excludes halogenated alkanes) is 1. The van der Waals surface area contributed by atoms with Crippen molar-refractivity contribution in [2.24, 2.45) is 5.92 Å². The van der Waals surface area contributed by atoms with Crippen LogP contribution in [-0.4, -0.2) is 6.61 Å². The maximum Gasteiger partial charge on any atom is 0.387 e. The van der Waals surface area contributed by atoms with E-state index in [1.165, 1.54) is 56.6 Å². The molecule has 0 radical (unpaired) electrons. The molecule has 1 fully saturated rings. The van der Waals surface area contributed by atoms with E-state index in [1.54, 1.807) is 12.1 Å². The quantitative estimate of drug-likeness (QED) is 0.331. The van der Waals surface area contributed by atoms with E-state index in [1.807, 2.05) is 12.1 Å². The molecule has 0 spiro atoms. The van der Waals surface area contributed by atoms with Gasteiger partial charge in [0.2, 0.25) is 0 Å². The van der Waals surface area contributed by atoms with Crippen molar-refractivity contribution in [1.82, 2.24) is 0 Å². The van der Waals surface area contributed by atoms with E-state index >= 15 is 4.39 Å². The van der Waals surface area contributed by atoms with E-state index < -0.39 is 24.0 Å². The van der Waals surface area contributed by atoms with Gasteiger partial charge in [0.05, 0.1) is 0 Å². The Balaban J connectivity index is 1.55. The monoisotopic (exact) mass is 444 g/mol. The van der Waals surface area contributed by atoms with Gasteiger partial charge in [0.1, 0.15) is 5.82 Å². The smallest absolute Gasteiger partial charge is 0.387 e. The third-order valence-corrected chi connectivity index (χ3v) is 6.72. The molecule has 0 saturated heterocycles. The second-order valence-corrected chi connectivity index (χ2v) is 8.79. The summed E-state index contributed by atoms with van der Waals surface area (Å²) in [5.41, 5.74) is 1.75. The number of hydrogen-bond acceptors (Lipinski definition) is 1. The molecule has 0 amide bonds. The first-order chi connectivity index (χ1) is 15.5. The van der Waals surface area contributed by atoms with E-state index in [0.29, 0.717) is 11.3 Å². The first-order valence-electron chi connectivity index (χ1n) is 11.4. The third-order valence-electron chi connectivity index (χ3n) is 6.72. The fourth-order valence-electron chi connectivity index (χ4n) is 4.92. The summed E-state index contributed by atoms with van der Waals surface area (Å²) in [5.74, 6) is -0.605. The lowest BCUT2D eigenvalue weighted by atomic mass is 9.77. The molecule has 0 unspecified atom stereocenters. The summed E-state index contributed by atoms with van der Waals surface area (Å²) in [4.78, 5) is 0. The average molecular weight is 445 g/mol. The Morgan fingerprint density at radius 1 is 0.938 bits per heavy atom. The molecule has 0 bridgehead atoms. The third kappa shape index (κ3) is 4.92. The van der Waals surface area contributed by atoms with Crippen LogP contribution in [0.4, 0.5) is 17.6 Å². The number of fused-ring (bicyclic) bond motifs is 1. The molecule has 32 heavy (non-hydrogen) atoms. The Morgan fingerprint density at radius 2 is 1.72 bits per heavy atom. The van der Waals surface area contributed by atoms with E-state index in [4.69, 9.17) is 0 Å². The van der Waals surface area contributed by atoms with E-state index in [2.05, 4.69) is 17.7 Å². The summed E-state index contributed by atoms with van der Waals surface area (Å²) in [7, 11) is 0. The van der Waals surface area contributed by atoms with Crippen molar-refractivity contribution in [2.75, 3.05) is 0 Å². The molecule has 0 aromatic heterocycles. The minimum atomic E-state index is -3.12. The highest BCUT2D eigenvalue weighted by molar-refractivity contribution is 5.89. The van der Waals surface area contributed by atoms with Gasteiger partial charge in [0, 0.05) is 10.9 Å². The van der Waals surface area contributed by atoms with E-state index in [9.17, 15) is 13.2 Å². The molecule has 0 atom stereocenters. The van der Waals surface area contributed by atoms with Crippen LogP contribution in [0.2, 0.25) is 0 Å². The molecular weight excluding hydrogens is 416 g/mol.